The summed E-state index contributed by atoms with van der Waals surface area (Å²) in [5.41, 5.74) is 14.1. The van der Waals surface area contributed by atoms with Crippen molar-refractivity contribution in [3.8, 4) is 11.1 Å². The predicted molar refractivity (Wildman–Crippen MR) is 132 cm³/mol. The molecule has 0 spiro atoms. The van der Waals surface area contributed by atoms with Gasteiger partial charge in [-0.15, -0.1) is 0 Å². The first-order valence-corrected chi connectivity index (χ1v) is 11.1. The SMILES string of the molecule is CCC1CC1C(=O)Nc1cc2cc(-c3cncc(N)c3C)c(F)c(N)c2cn1.Cn1ccnc1. The van der Waals surface area contributed by atoms with Gasteiger partial charge in [-0.05, 0) is 42.3 Å². The number of nitrogens with one attached hydrogen (secondary N) is 1. The minimum atomic E-state index is -0.537. The summed E-state index contributed by atoms with van der Waals surface area (Å²) in [4.78, 5) is 24.4. The standard InChI is InChI=1S/C21H22FN5O.C4H6N2/c1-3-11-4-13(11)21(28)27-18-6-12-5-14(15-7-25-9-17(23)10(15)2)19(22)20(24)16(12)8-26-18;1-6-3-2-5-4-6/h5-9,11,13H,3-4,23-24H2,1-2H3,(H,26,27,28);2-4H,1H3. The zero-order valence-corrected chi connectivity index (χ0v) is 19.4. The van der Waals surface area contributed by atoms with Gasteiger partial charge in [0.05, 0.1) is 23.9 Å². The summed E-state index contributed by atoms with van der Waals surface area (Å²) in [6, 6.07) is 3.40. The summed E-state index contributed by atoms with van der Waals surface area (Å²) in [5.74, 6) is 0.377. The highest BCUT2D eigenvalue weighted by Crippen LogP contribution is 2.42. The second-order valence-corrected chi connectivity index (χ2v) is 8.57. The van der Waals surface area contributed by atoms with Crippen LogP contribution in [0.3, 0.4) is 0 Å². The summed E-state index contributed by atoms with van der Waals surface area (Å²) < 4.78 is 16.8. The molecule has 0 aliphatic heterocycles. The summed E-state index contributed by atoms with van der Waals surface area (Å²) in [5, 5.41) is 4.03. The quantitative estimate of drug-likeness (QED) is 0.389. The van der Waals surface area contributed by atoms with Gasteiger partial charge in [0, 0.05) is 54.3 Å². The molecule has 2 unspecified atom stereocenters. The third kappa shape index (κ3) is 4.68. The lowest BCUT2D eigenvalue weighted by atomic mass is 9.97. The van der Waals surface area contributed by atoms with Crippen LogP contribution in [0.5, 0.6) is 0 Å². The van der Waals surface area contributed by atoms with Crippen molar-refractivity contribution < 1.29 is 9.18 Å². The second-order valence-electron chi connectivity index (χ2n) is 8.57. The van der Waals surface area contributed by atoms with Crippen molar-refractivity contribution in [3.05, 3.63) is 60.8 Å². The third-order valence-electron chi connectivity index (χ3n) is 6.22. The lowest BCUT2D eigenvalue weighted by molar-refractivity contribution is -0.117. The Morgan fingerprint density at radius 3 is 2.62 bits per heavy atom. The first-order chi connectivity index (χ1) is 16.3. The second kappa shape index (κ2) is 9.46. The molecule has 0 radical (unpaired) electrons. The van der Waals surface area contributed by atoms with E-state index in [0.717, 1.165) is 18.4 Å². The number of benzene rings is 1. The molecule has 8 nitrogen and oxygen atoms in total. The van der Waals surface area contributed by atoms with Gasteiger partial charge in [-0.2, -0.15) is 0 Å². The van der Waals surface area contributed by atoms with E-state index >= 15 is 0 Å². The normalized spacial score (nSPS) is 16.6. The topological polar surface area (TPSA) is 125 Å². The summed E-state index contributed by atoms with van der Waals surface area (Å²) >= 11 is 0. The Balaban J connectivity index is 0.000000398. The molecule has 5 rings (SSSR count). The first kappa shape index (κ1) is 23.2. The lowest BCUT2D eigenvalue weighted by Crippen LogP contribution is -2.15. The van der Waals surface area contributed by atoms with Crippen LogP contribution in [0.2, 0.25) is 0 Å². The molecule has 5 N–H and O–H groups in total. The van der Waals surface area contributed by atoms with Gasteiger partial charge in [-0.1, -0.05) is 13.3 Å². The molecule has 1 aliphatic rings. The average molecular weight is 462 g/mol. The van der Waals surface area contributed by atoms with E-state index in [1.54, 1.807) is 30.9 Å². The van der Waals surface area contributed by atoms with Crippen molar-refractivity contribution in [2.24, 2.45) is 18.9 Å². The smallest absolute Gasteiger partial charge is 0.228 e. The van der Waals surface area contributed by atoms with Crippen molar-refractivity contribution in [2.45, 2.75) is 26.7 Å². The first-order valence-electron chi connectivity index (χ1n) is 11.1. The molecule has 34 heavy (non-hydrogen) atoms. The number of pyridine rings is 2. The van der Waals surface area contributed by atoms with Crippen LogP contribution >= 0.6 is 0 Å². The highest BCUT2D eigenvalue weighted by atomic mass is 19.1. The van der Waals surface area contributed by atoms with Gasteiger partial charge in [0.2, 0.25) is 5.91 Å². The number of aromatic nitrogens is 4. The van der Waals surface area contributed by atoms with Crippen LogP contribution in [0, 0.1) is 24.6 Å². The molecule has 1 fully saturated rings. The van der Waals surface area contributed by atoms with Crippen LogP contribution < -0.4 is 16.8 Å². The Bertz CT molecular complexity index is 1340. The van der Waals surface area contributed by atoms with Crippen molar-refractivity contribution in [1.82, 2.24) is 19.5 Å². The molecule has 4 aromatic rings. The number of fused-ring (bicyclic) bond motifs is 1. The number of carbonyl (C=O) groups is 1. The summed E-state index contributed by atoms with van der Waals surface area (Å²) in [7, 11) is 1.94. The number of aryl methyl sites for hydroxylation is 1. The molecule has 3 aromatic heterocycles. The van der Waals surface area contributed by atoms with E-state index in [-0.39, 0.29) is 17.5 Å². The van der Waals surface area contributed by atoms with E-state index in [2.05, 4.69) is 27.2 Å². The molecule has 1 aromatic carbocycles. The van der Waals surface area contributed by atoms with Crippen LogP contribution in [0.4, 0.5) is 21.6 Å². The predicted octanol–water partition coefficient (Wildman–Crippen LogP) is 4.31. The number of carbonyl (C=O) groups excluding carboxylic acids is 1. The molecule has 176 valence electrons. The Morgan fingerprint density at radius 1 is 1.21 bits per heavy atom. The van der Waals surface area contributed by atoms with Gasteiger partial charge in [-0.3, -0.25) is 9.78 Å². The molecule has 0 bridgehead atoms. The molecular formula is C25H28FN7O. The monoisotopic (exact) mass is 461 g/mol. The Kier molecular flexibility index (Phi) is 6.45. The van der Waals surface area contributed by atoms with E-state index in [9.17, 15) is 9.18 Å². The number of imidazole rings is 1. The van der Waals surface area contributed by atoms with Gasteiger partial charge < -0.3 is 21.4 Å². The Labute approximate surface area is 197 Å². The minimum absolute atomic E-state index is 0.00735. The number of anilines is 3. The van der Waals surface area contributed by atoms with Crippen molar-refractivity contribution >= 4 is 33.9 Å². The van der Waals surface area contributed by atoms with Crippen LogP contribution in [-0.2, 0) is 11.8 Å². The third-order valence-corrected chi connectivity index (χ3v) is 6.22. The van der Waals surface area contributed by atoms with Gasteiger partial charge in [0.15, 0.2) is 5.82 Å². The van der Waals surface area contributed by atoms with E-state index in [1.807, 2.05) is 24.7 Å². The Morgan fingerprint density at radius 2 is 2.00 bits per heavy atom. The van der Waals surface area contributed by atoms with Crippen molar-refractivity contribution in [2.75, 3.05) is 16.8 Å². The maximum absolute atomic E-state index is 14.9. The van der Waals surface area contributed by atoms with E-state index in [0.29, 0.717) is 39.3 Å². The van der Waals surface area contributed by atoms with Crippen LogP contribution in [0.15, 0.2) is 49.4 Å². The fraction of sp³-hybridized carbons (Fsp3) is 0.280. The largest absolute Gasteiger partial charge is 0.397 e. The molecule has 2 atom stereocenters. The molecule has 1 amide bonds. The number of nitrogens with two attached hydrogens (primary N) is 2. The minimum Gasteiger partial charge on any atom is -0.397 e. The fourth-order valence-electron chi connectivity index (χ4n) is 3.94. The summed E-state index contributed by atoms with van der Waals surface area (Å²) in [6.07, 6.45) is 11.9. The number of amides is 1. The molecule has 1 aliphatic carbocycles. The maximum atomic E-state index is 14.9. The molecule has 9 heteroatoms. The van der Waals surface area contributed by atoms with Crippen molar-refractivity contribution in [3.63, 3.8) is 0 Å². The number of halogens is 1. The molecule has 1 saturated carbocycles. The number of hydrogen-bond donors (Lipinski definition) is 3. The Hall–Kier alpha value is -4.01. The lowest BCUT2D eigenvalue weighted by Gasteiger charge is -2.13. The van der Waals surface area contributed by atoms with E-state index in [4.69, 9.17) is 11.5 Å². The molecule has 0 saturated heterocycles. The van der Waals surface area contributed by atoms with Gasteiger partial charge in [-0.25, -0.2) is 14.4 Å². The van der Waals surface area contributed by atoms with E-state index in [1.165, 1.54) is 12.4 Å². The van der Waals surface area contributed by atoms with Crippen LogP contribution in [0.1, 0.15) is 25.3 Å². The summed E-state index contributed by atoms with van der Waals surface area (Å²) in [6.45, 7) is 3.89. The van der Waals surface area contributed by atoms with Gasteiger partial charge in [0.25, 0.3) is 0 Å². The van der Waals surface area contributed by atoms with Crippen LogP contribution in [0.25, 0.3) is 21.9 Å². The van der Waals surface area contributed by atoms with Gasteiger partial charge >= 0.3 is 0 Å². The molecule has 3 heterocycles. The number of rotatable bonds is 4. The zero-order valence-electron chi connectivity index (χ0n) is 19.4. The van der Waals surface area contributed by atoms with Gasteiger partial charge in [0.1, 0.15) is 5.82 Å². The van der Waals surface area contributed by atoms with E-state index < -0.39 is 5.82 Å². The number of nitrogen functional groups attached to an aromatic ring is 2. The maximum Gasteiger partial charge on any atom is 0.228 e. The number of hydrogen-bond acceptors (Lipinski definition) is 6. The molecular weight excluding hydrogens is 433 g/mol. The highest BCUT2D eigenvalue weighted by Gasteiger charge is 2.41. The fourth-order valence-corrected chi connectivity index (χ4v) is 3.94. The average Bonchev–Trinajstić information content (AvgIpc) is 3.48. The van der Waals surface area contributed by atoms with Crippen LogP contribution in [-0.4, -0.2) is 25.4 Å². The van der Waals surface area contributed by atoms with Crippen molar-refractivity contribution in [1.29, 1.82) is 0 Å². The number of nitrogens with zero attached hydrogens (tertiary/aromatic N) is 4. The zero-order chi connectivity index (χ0) is 24.4. The highest BCUT2D eigenvalue weighted by molar-refractivity contribution is 6.00.